The van der Waals surface area contributed by atoms with Crippen LogP contribution in [0.4, 0.5) is 8.78 Å². The van der Waals surface area contributed by atoms with Gasteiger partial charge in [-0.25, -0.2) is 8.78 Å². The number of halogens is 2. The van der Waals surface area contributed by atoms with Crippen LogP contribution in [0.25, 0.3) is 34.0 Å². The third-order valence-corrected chi connectivity index (χ3v) is 6.90. The van der Waals surface area contributed by atoms with Crippen LogP contribution in [-0.4, -0.2) is 50.3 Å². The first-order valence-corrected chi connectivity index (χ1v) is 11.9. The fourth-order valence-electron chi connectivity index (χ4n) is 4.61. The van der Waals surface area contributed by atoms with Gasteiger partial charge in [0, 0.05) is 36.8 Å². The maximum Gasteiger partial charge on any atom is 0.321 e. The molecule has 1 aliphatic heterocycles. The summed E-state index contributed by atoms with van der Waals surface area (Å²) in [6.07, 6.45) is 0.114. The summed E-state index contributed by atoms with van der Waals surface area (Å²) < 4.78 is 32.5. The van der Waals surface area contributed by atoms with E-state index >= 15 is 0 Å². The number of hydrogen-bond donors (Lipinski definition) is 2. The van der Waals surface area contributed by atoms with Crippen LogP contribution in [0.15, 0.2) is 71.3 Å². The van der Waals surface area contributed by atoms with Gasteiger partial charge in [-0.15, -0.1) is 0 Å². The van der Waals surface area contributed by atoms with Crippen LogP contribution < -0.4 is 0 Å². The molecule has 5 rings (SSSR count). The Balaban J connectivity index is 1.23. The lowest BCUT2D eigenvalue weighted by molar-refractivity contribution is -0.168. The summed E-state index contributed by atoms with van der Waals surface area (Å²) in [5, 5.41) is 22.8. The number of nitrogens with zero attached hydrogens (tertiary/aromatic N) is 3. The molecule has 38 heavy (non-hydrogen) atoms. The van der Waals surface area contributed by atoms with Crippen molar-refractivity contribution in [3.63, 3.8) is 0 Å². The van der Waals surface area contributed by atoms with Crippen LogP contribution in [0.2, 0.25) is 0 Å². The summed E-state index contributed by atoms with van der Waals surface area (Å²) in [5.41, 5.74) is 1.74. The number of piperidine rings is 1. The zero-order valence-electron chi connectivity index (χ0n) is 20.1. The van der Waals surface area contributed by atoms with Gasteiger partial charge in [0.2, 0.25) is 5.82 Å². The summed E-state index contributed by atoms with van der Waals surface area (Å²) >= 11 is 0. The smallest absolute Gasteiger partial charge is 0.321 e. The number of carboxylic acids is 2. The highest BCUT2D eigenvalue weighted by Gasteiger charge is 2.48. The molecule has 0 atom stereocenters. The van der Waals surface area contributed by atoms with Gasteiger partial charge in [-0.1, -0.05) is 41.6 Å². The largest absolute Gasteiger partial charge is 0.480 e. The zero-order chi connectivity index (χ0) is 26.9. The fraction of sp³-hybridized carbons (Fsp3) is 0.214. The molecule has 194 valence electrons. The fourth-order valence-corrected chi connectivity index (χ4v) is 4.61. The first kappa shape index (κ1) is 25.2. The highest BCUT2D eigenvalue weighted by atomic mass is 19.1. The molecular formula is C28H23F2N3O5. The predicted molar refractivity (Wildman–Crippen MR) is 133 cm³/mol. The van der Waals surface area contributed by atoms with Crippen molar-refractivity contribution in [1.82, 2.24) is 15.0 Å². The van der Waals surface area contributed by atoms with Gasteiger partial charge in [0.25, 0.3) is 5.89 Å². The van der Waals surface area contributed by atoms with Crippen molar-refractivity contribution in [2.75, 3.05) is 13.1 Å². The van der Waals surface area contributed by atoms with Crippen molar-refractivity contribution in [2.24, 2.45) is 5.41 Å². The molecule has 3 aromatic carbocycles. The number of aliphatic carboxylic acids is 2. The number of benzene rings is 3. The van der Waals surface area contributed by atoms with E-state index in [1.54, 1.807) is 24.3 Å². The quantitative estimate of drug-likeness (QED) is 0.324. The molecule has 1 fully saturated rings. The molecule has 0 radical (unpaired) electrons. The first-order valence-electron chi connectivity index (χ1n) is 11.9. The van der Waals surface area contributed by atoms with E-state index in [4.69, 9.17) is 4.52 Å². The van der Waals surface area contributed by atoms with E-state index in [-0.39, 0.29) is 12.8 Å². The van der Waals surface area contributed by atoms with Gasteiger partial charge in [-0.2, -0.15) is 4.98 Å². The molecular weight excluding hydrogens is 496 g/mol. The van der Waals surface area contributed by atoms with Crippen LogP contribution >= 0.6 is 0 Å². The monoisotopic (exact) mass is 519 g/mol. The standard InChI is InChI=1S/C28H23F2N3O5/c29-22-13-21(14-23(30)15-22)18-5-7-20(8-6-18)25-31-24(32-38-25)19-3-1-17(2-4-19)16-33-11-9-28(10-12-33,26(34)35)27(36)37/h1-8,13-15H,9-12,16H2,(H,34,35)(H,36,37). The van der Waals surface area contributed by atoms with Crippen molar-refractivity contribution in [3.05, 3.63) is 83.9 Å². The Morgan fingerprint density at radius 1 is 0.816 bits per heavy atom. The minimum Gasteiger partial charge on any atom is -0.480 e. The minimum atomic E-state index is -1.71. The first-order chi connectivity index (χ1) is 18.2. The number of carboxylic acid groups (broad SMARTS) is 2. The van der Waals surface area contributed by atoms with Gasteiger partial charge in [0.1, 0.15) is 11.6 Å². The van der Waals surface area contributed by atoms with E-state index in [1.807, 2.05) is 29.2 Å². The maximum absolute atomic E-state index is 13.5. The summed E-state index contributed by atoms with van der Waals surface area (Å²) in [6.45, 7) is 1.32. The lowest BCUT2D eigenvalue weighted by Gasteiger charge is -2.36. The average molecular weight is 520 g/mol. The van der Waals surface area contributed by atoms with Crippen LogP contribution in [0, 0.1) is 17.0 Å². The van der Waals surface area contributed by atoms with E-state index in [0.29, 0.717) is 48.0 Å². The summed E-state index contributed by atoms with van der Waals surface area (Å²) in [6, 6.07) is 17.8. The van der Waals surface area contributed by atoms with Crippen molar-refractivity contribution in [2.45, 2.75) is 19.4 Å². The third-order valence-electron chi connectivity index (χ3n) is 6.90. The Hall–Kier alpha value is -4.44. The predicted octanol–water partition coefficient (Wildman–Crippen LogP) is 5.10. The highest BCUT2D eigenvalue weighted by Crippen LogP contribution is 2.33. The molecule has 2 heterocycles. The average Bonchev–Trinajstić information content (AvgIpc) is 3.39. The molecule has 0 spiro atoms. The second-order valence-electron chi connectivity index (χ2n) is 9.32. The van der Waals surface area contributed by atoms with Gasteiger partial charge in [-0.3, -0.25) is 14.5 Å². The van der Waals surface area contributed by atoms with Crippen LogP contribution in [0.1, 0.15) is 18.4 Å². The Kier molecular flexibility index (Phi) is 6.73. The molecule has 1 aliphatic rings. The van der Waals surface area contributed by atoms with Crippen LogP contribution in [0.5, 0.6) is 0 Å². The summed E-state index contributed by atoms with van der Waals surface area (Å²) in [5.74, 6) is -3.17. The number of hydrogen-bond acceptors (Lipinski definition) is 6. The molecule has 0 aliphatic carbocycles. The molecule has 2 N–H and O–H groups in total. The van der Waals surface area contributed by atoms with E-state index in [9.17, 15) is 28.6 Å². The van der Waals surface area contributed by atoms with E-state index in [1.165, 1.54) is 12.1 Å². The van der Waals surface area contributed by atoms with Gasteiger partial charge in [0.15, 0.2) is 5.41 Å². The molecule has 1 saturated heterocycles. The summed E-state index contributed by atoms with van der Waals surface area (Å²) in [4.78, 5) is 29.5. The van der Waals surface area contributed by atoms with Crippen molar-refractivity contribution in [3.8, 4) is 34.0 Å². The Morgan fingerprint density at radius 3 is 1.95 bits per heavy atom. The topological polar surface area (TPSA) is 117 Å². The van der Waals surface area contributed by atoms with Crippen molar-refractivity contribution in [1.29, 1.82) is 0 Å². The van der Waals surface area contributed by atoms with E-state index < -0.39 is 29.0 Å². The number of aromatic nitrogens is 2. The lowest BCUT2D eigenvalue weighted by atomic mass is 9.78. The molecule has 0 bridgehead atoms. The molecule has 0 unspecified atom stereocenters. The Bertz CT molecular complexity index is 1440. The van der Waals surface area contributed by atoms with Gasteiger partial charge < -0.3 is 14.7 Å². The SMILES string of the molecule is O=C(O)C1(C(=O)O)CCN(Cc2ccc(-c3noc(-c4ccc(-c5cc(F)cc(F)c5)cc4)n3)cc2)CC1. The van der Waals surface area contributed by atoms with Gasteiger partial charge >= 0.3 is 11.9 Å². The minimum absolute atomic E-state index is 0.0570. The number of likely N-dealkylation sites (tertiary alicyclic amines) is 1. The molecule has 10 heteroatoms. The molecule has 8 nitrogen and oxygen atoms in total. The number of rotatable bonds is 7. The number of carbonyl (C=O) groups is 2. The maximum atomic E-state index is 13.5. The third kappa shape index (κ3) is 5.03. The zero-order valence-corrected chi connectivity index (χ0v) is 20.1. The highest BCUT2D eigenvalue weighted by molar-refractivity contribution is 5.98. The van der Waals surface area contributed by atoms with Crippen LogP contribution in [0.3, 0.4) is 0 Å². The van der Waals surface area contributed by atoms with E-state index in [0.717, 1.165) is 17.2 Å². The second-order valence-corrected chi connectivity index (χ2v) is 9.32. The van der Waals surface area contributed by atoms with E-state index in [2.05, 4.69) is 10.1 Å². The van der Waals surface area contributed by atoms with Gasteiger partial charge in [0.05, 0.1) is 0 Å². The van der Waals surface area contributed by atoms with Crippen molar-refractivity contribution < 1.29 is 33.1 Å². The van der Waals surface area contributed by atoms with Gasteiger partial charge in [-0.05, 0) is 53.8 Å². The Morgan fingerprint density at radius 2 is 1.37 bits per heavy atom. The second kappa shape index (κ2) is 10.1. The molecule has 1 aromatic heterocycles. The normalized spacial score (nSPS) is 15.3. The summed E-state index contributed by atoms with van der Waals surface area (Å²) in [7, 11) is 0. The van der Waals surface area contributed by atoms with Crippen molar-refractivity contribution >= 4 is 11.9 Å². The molecule has 4 aromatic rings. The molecule has 0 saturated carbocycles. The Labute approximate surface area is 216 Å². The molecule has 0 amide bonds. The lowest BCUT2D eigenvalue weighted by Crippen LogP contribution is -2.48. The van der Waals surface area contributed by atoms with Crippen LogP contribution in [-0.2, 0) is 16.1 Å².